The van der Waals surface area contributed by atoms with Gasteiger partial charge in [0, 0.05) is 13.1 Å². The summed E-state index contributed by atoms with van der Waals surface area (Å²) in [4.78, 5) is 37.0. The zero-order valence-electron chi connectivity index (χ0n) is 17.1. The van der Waals surface area contributed by atoms with Gasteiger partial charge in [-0.15, -0.1) is 11.3 Å². The lowest BCUT2D eigenvalue weighted by Crippen LogP contribution is -2.39. The molecule has 2 unspecified atom stereocenters. The second-order valence-electron chi connectivity index (χ2n) is 7.52. The molecule has 0 spiro atoms. The molecule has 28 heavy (non-hydrogen) atoms. The number of piperidine rings is 1. The topological polar surface area (TPSA) is 81.6 Å². The molecule has 0 amide bonds. The number of anilines is 1. The number of methoxy groups -OCH3 is 1. The fourth-order valence-electron chi connectivity index (χ4n) is 3.90. The first-order valence-corrected chi connectivity index (χ1v) is 10.4. The van der Waals surface area contributed by atoms with E-state index in [9.17, 15) is 9.59 Å². The number of aromatic nitrogens is 2. The van der Waals surface area contributed by atoms with Crippen molar-refractivity contribution < 1.29 is 19.1 Å². The quantitative estimate of drug-likeness (QED) is 0.705. The smallest absolute Gasteiger partial charge is 0.348 e. The highest BCUT2D eigenvalue weighted by Crippen LogP contribution is 2.38. The molecule has 2 atom stereocenters. The molecule has 0 radical (unpaired) electrons. The van der Waals surface area contributed by atoms with Crippen LogP contribution in [0.25, 0.3) is 10.2 Å². The number of fused-ring (bicyclic) bond motifs is 1. The van der Waals surface area contributed by atoms with Gasteiger partial charge in [-0.3, -0.25) is 4.79 Å². The van der Waals surface area contributed by atoms with Crippen molar-refractivity contribution in [3.63, 3.8) is 0 Å². The Morgan fingerprint density at radius 3 is 2.50 bits per heavy atom. The van der Waals surface area contributed by atoms with E-state index >= 15 is 0 Å². The Bertz CT molecular complexity index is 885. The van der Waals surface area contributed by atoms with E-state index in [1.165, 1.54) is 24.9 Å². The SMILES string of the molecule is CCOC(=O)c1sc2nc(CC(=O)OC)nc(N3CC(C)CC(C)C3)c2c1C. The average Bonchev–Trinajstić information content (AvgIpc) is 2.97. The fourth-order valence-corrected chi connectivity index (χ4v) is 4.99. The Kier molecular flexibility index (Phi) is 6.17. The average molecular weight is 406 g/mol. The van der Waals surface area contributed by atoms with Gasteiger partial charge in [0.25, 0.3) is 0 Å². The van der Waals surface area contributed by atoms with E-state index in [1.807, 2.05) is 6.92 Å². The lowest BCUT2D eigenvalue weighted by atomic mass is 9.92. The maximum absolute atomic E-state index is 12.4. The standard InChI is InChI=1S/C20H27N3O4S/c1-6-27-20(25)17-13(4)16-18(23-9-11(2)7-12(3)10-23)21-14(8-15(24)26-5)22-19(16)28-17/h11-12H,6-10H2,1-5H3. The largest absolute Gasteiger partial charge is 0.469 e. The van der Waals surface area contributed by atoms with Crippen LogP contribution in [0.1, 0.15) is 48.3 Å². The lowest BCUT2D eigenvalue weighted by Gasteiger charge is -2.36. The molecule has 0 aromatic carbocycles. The summed E-state index contributed by atoms with van der Waals surface area (Å²) in [5.41, 5.74) is 0.837. The molecular formula is C20H27N3O4S. The van der Waals surface area contributed by atoms with E-state index in [1.54, 1.807) is 6.92 Å². The molecule has 0 bridgehead atoms. The van der Waals surface area contributed by atoms with Gasteiger partial charge in [-0.1, -0.05) is 13.8 Å². The van der Waals surface area contributed by atoms with Crippen LogP contribution in [0.2, 0.25) is 0 Å². The Hall–Kier alpha value is -2.22. The molecule has 1 fully saturated rings. The minimum absolute atomic E-state index is 0.00404. The molecule has 3 rings (SSSR count). The van der Waals surface area contributed by atoms with Gasteiger partial charge in [0.1, 0.15) is 27.8 Å². The van der Waals surface area contributed by atoms with Crippen LogP contribution in [0.3, 0.4) is 0 Å². The van der Waals surface area contributed by atoms with Crippen LogP contribution in [0.15, 0.2) is 0 Å². The number of aryl methyl sites for hydroxylation is 1. The molecule has 1 aliphatic heterocycles. The van der Waals surface area contributed by atoms with Crippen LogP contribution >= 0.6 is 11.3 Å². The monoisotopic (exact) mass is 405 g/mol. The van der Waals surface area contributed by atoms with Gasteiger partial charge in [0.2, 0.25) is 0 Å². The number of hydrogen-bond donors (Lipinski definition) is 0. The first-order chi connectivity index (χ1) is 13.3. The molecule has 1 saturated heterocycles. The highest BCUT2D eigenvalue weighted by Gasteiger charge is 2.28. The number of nitrogens with zero attached hydrogens (tertiary/aromatic N) is 3. The van der Waals surface area contributed by atoms with Crippen LogP contribution < -0.4 is 4.90 Å². The van der Waals surface area contributed by atoms with Crippen molar-refractivity contribution >= 4 is 39.3 Å². The molecule has 2 aromatic heterocycles. The molecule has 1 aliphatic rings. The molecular weight excluding hydrogens is 378 g/mol. The van der Waals surface area contributed by atoms with Crippen molar-refractivity contribution in [3.05, 3.63) is 16.3 Å². The minimum atomic E-state index is -0.385. The summed E-state index contributed by atoms with van der Waals surface area (Å²) in [5, 5.41) is 0.878. The summed E-state index contributed by atoms with van der Waals surface area (Å²) in [6.07, 6.45) is 1.18. The summed E-state index contributed by atoms with van der Waals surface area (Å²) in [7, 11) is 1.35. The molecule has 3 heterocycles. The Balaban J connectivity index is 2.14. The fraction of sp³-hybridized carbons (Fsp3) is 0.600. The number of esters is 2. The van der Waals surface area contributed by atoms with E-state index in [4.69, 9.17) is 14.5 Å². The van der Waals surface area contributed by atoms with E-state index < -0.39 is 0 Å². The molecule has 8 heteroatoms. The van der Waals surface area contributed by atoms with Gasteiger partial charge < -0.3 is 14.4 Å². The number of hydrogen-bond acceptors (Lipinski definition) is 8. The van der Waals surface area contributed by atoms with Gasteiger partial charge in [-0.25, -0.2) is 14.8 Å². The van der Waals surface area contributed by atoms with Crippen molar-refractivity contribution in [1.82, 2.24) is 9.97 Å². The van der Waals surface area contributed by atoms with Crippen LogP contribution in [-0.4, -0.2) is 48.7 Å². The molecule has 2 aromatic rings. The van der Waals surface area contributed by atoms with E-state index in [0.717, 1.165) is 29.9 Å². The molecule has 0 saturated carbocycles. The Morgan fingerprint density at radius 2 is 1.89 bits per heavy atom. The van der Waals surface area contributed by atoms with Gasteiger partial charge in [0.15, 0.2) is 0 Å². The molecule has 0 aliphatic carbocycles. The summed E-state index contributed by atoms with van der Waals surface area (Å²) in [5.74, 6) is 1.57. The van der Waals surface area contributed by atoms with Gasteiger partial charge in [-0.2, -0.15) is 0 Å². The molecule has 7 nitrogen and oxygen atoms in total. The number of carbonyl (C=O) groups excluding carboxylic acids is 2. The van der Waals surface area contributed by atoms with Crippen LogP contribution in [0.5, 0.6) is 0 Å². The first kappa shape index (κ1) is 20.5. The maximum Gasteiger partial charge on any atom is 0.348 e. The number of carbonyl (C=O) groups is 2. The summed E-state index contributed by atoms with van der Waals surface area (Å²) < 4.78 is 9.99. The van der Waals surface area contributed by atoms with Gasteiger partial charge >= 0.3 is 11.9 Å². The third kappa shape index (κ3) is 4.11. The van der Waals surface area contributed by atoms with Gasteiger partial charge in [0.05, 0.1) is 19.1 Å². The predicted molar refractivity (Wildman–Crippen MR) is 109 cm³/mol. The van der Waals surface area contributed by atoms with Crippen molar-refractivity contribution in [1.29, 1.82) is 0 Å². The highest BCUT2D eigenvalue weighted by molar-refractivity contribution is 7.20. The zero-order chi connectivity index (χ0) is 20.4. The Labute approximate surface area is 169 Å². The Morgan fingerprint density at radius 1 is 1.21 bits per heavy atom. The third-order valence-electron chi connectivity index (χ3n) is 4.98. The van der Waals surface area contributed by atoms with E-state index in [-0.39, 0.29) is 18.4 Å². The summed E-state index contributed by atoms with van der Waals surface area (Å²) in [6.45, 7) is 10.3. The molecule has 0 N–H and O–H groups in total. The van der Waals surface area contributed by atoms with Crippen molar-refractivity contribution in [2.45, 2.75) is 40.5 Å². The van der Waals surface area contributed by atoms with Crippen molar-refractivity contribution in [2.24, 2.45) is 11.8 Å². The normalized spacial score (nSPS) is 19.7. The number of rotatable bonds is 5. The van der Waals surface area contributed by atoms with Crippen molar-refractivity contribution in [3.8, 4) is 0 Å². The van der Waals surface area contributed by atoms with Crippen molar-refractivity contribution in [2.75, 3.05) is 31.7 Å². The van der Waals surface area contributed by atoms with Crippen LogP contribution in [-0.2, 0) is 20.7 Å². The summed E-state index contributed by atoms with van der Waals surface area (Å²) >= 11 is 1.30. The van der Waals surface area contributed by atoms with Gasteiger partial charge in [-0.05, 0) is 37.7 Å². The second-order valence-corrected chi connectivity index (χ2v) is 8.52. The molecule has 152 valence electrons. The minimum Gasteiger partial charge on any atom is -0.469 e. The number of thiophene rings is 1. The number of ether oxygens (including phenoxy) is 2. The lowest BCUT2D eigenvalue weighted by molar-refractivity contribution is -0.139. The second kappa shape index (κ2) is 8.43. The predicted octanol–water partition coefficient (Wildman–Crippen LogP) is 3.37. The highest BCUT2D eigenvalue weighted by atomic mass is 32.1. The van der Waals surface area contributed by atoms with Crippen LogP contribution in [0, 0.1) is 18.8 Å². The first-order valence-electron chi connectivity index (χ1n) is 9.62. The van der Waals surface area contributed by atoms with E-state index in [2.05, 4.69) is 23.7 Å². The third-order valence-corrected chi connectivity index (χ3v) is 6.14. The van der Waals surface area contributed by atoms with E-state index in [0.29, 0.717) is 34.0 Å². The zero-order valence-corrected chi connectivity index (χ0v) is 17.9. The van der Waals surface area contributed by atoms with Crippen LogP contribution in [0.4, 0.5) is 5.82 Å². The maximum atomic E-state index is 12.4. The summed E-state index contributed by atoms with van der Waals surface area (Å²) in [6, 6.07) is 0.